The molecule has 1 amide bonds. The first kappa shape index (κ1) is 28.6. The van der Waals surface area contributed by atoms with Crippen LogP contribution in [0.15, 0.2) is 90.0 Å². The number of rotatable bonds is 8. The minimum absolute atomic E-state index is 0.0799. The number of hydrogen-bond acceptors (Lipinski definition) is 6. The second-order valence-corrected chi connectivity index (χ2v) is 10.6. The van der Waals surface area contributed by atoms with E-state index in [0.29, 0.717) is 11.4 Å². The summed E-state index contributed by atoms with van der Waals surface area (Å²) in [7, 11) is -2.90. The van der Waals surface area contributed by atoms with Crippen molar-refractivity contribution in [1.29, 1.82) is 0 Å². The van der Waals surface area contributed by atoms with E-state index in [9.17, 15) is 31.6 Å². The van der Waals surface area contributed by atoms with E-state index in [0.717, 1.165) is 16.4 Å². The SMILES string of the molecule is COc1ccc(S(=O)(=O)N(Cc2ccccn2)c2c(C)cc(-c3cccc(C(F)(F)F)c3)cc2C(=O)NO)cc1. The number of aromatic nitrogens is 1. The quantitative estimate of drug-likeness (QED) is 0.211. The molecule has 4 rings (SSSR count). The van der Waals surface area contributed by atoms with Crippen LogP contribution in [0.25, 0.3) is 11.1 Å². The molecule has 2 N–H and O–H groups in total. The maximum Gasteiger partial charge on any atom is 0.416 e. The Morgan fingerprint density at radius 1 is 1.00 bits per heavy atom. The van der Waals surface area contributed by atoms with Crippen LogP contribution in [0, 0.1) is 6.92 Å². The van der Waals surface area contributed by atoms with E-state index in [-0.39, 0.29) is 39.4 Å². The minimum atomic E-state index is -4.60. The fourth-order valence-electron chi connectivity index (χ4n) is 4.18. The number of amides is 1. The molecule has 0 aliphatic heterocycles. The highest BCUT2D eigenvalue weighted by atomic mass is 32.2. The Balaban J connectivity index is 1.94. The lowest BCUT2D eigenvalue weighted by Crippen LogP contribution is -2.34. The monoisotopic (exact) mass is 571 g/mol. The topological polar surface area (TPSA) is 109 Å². The molecule has 1 heterocycles. The van der Waals surface area contributed by atoms with Crippen molar-refractivity contribution < 1.29 is 36.3 Å². The van der Waals surface area contributed by atoms with E-state index in [1.165, 1.54) is 74.2 Å². The zero-order valence-corrected chi connectivity index (χ0v) is 22.1. The number of hydrogen-bond donors (Lipinski definition) is 2. The molecule has 0 aliphatic carbocycles. The molecule has 1 aromatic heterocycles. The van der Waals surface area contributed by atoms with Gasteiger partial charge in [-0.25, -0.2) is 13.9 Å². The zero-order chi connectivity index (χ0) is 29.1. The summed E-state index contributed by atoms with van der Waals surface area (Å²) in [6.07, 6.45) is -3.11. The molecule has 0 aliphatic rings. The Labute approximate surface area is 228 Å². The molecular formula is C28H24F3N3O5S. The lowest BCUT2D eigenvalue weighted by Gasteiger charge is -2.28. The number of carbonyl (C=O) groups excluding carboxylic acids is 1. The summed E-state index contributed by atoms with van der Waals surface area (Å²) in [5, 5.41) is 9.52. The Kier molecular flexibility index (Phi) is 8.12. The Morgan fingerprint density at radius 2 is 1.73 bits per heavy atom. The molecule has 0 saturated carbocycles. The van der Waals surface area contributed by atoms with Gasteiger partial charge in [-0.1, -0.05) is 18.2 Å². The average Bonchev–Trinajstić information content (AvgIpc) is 2.95. The normalized spacial score (nSPS) is 11.7. The summed E-state index contributed by atoms with van der Waals surface area (Å²) < 4.78 is 74.2. The lowest BCUT2D eigenvalue weighted by molar-refractivity contribution is -0.137. The predicted molar refractivity (Wildman–Crippen MR) is 141 cm³/mol. The second-order valence-electron chi connectivity index (χ2n) is 8.72. The van der Waals surface area contributed by atoms with E-state index in [4.69, 9.17) is 4.74 Å². The van der Waals surface area contributed by atoms with Gasteiger partial charge in [0.2, 0.25) is 0 Å². The van der Waals surface area contributed by atoms with Gasteiger partial charge < -0.3 is 4.74 Å². The zero-order valence-electron chi connectivity index (χ0n) is 21.3. The standard InChI is InChI=1S/C28H24F3N3O5S/c1-18-14-20(19-6-5-7-21(15-19)28(29,30)31)16-25(27(35)33-36)26(18)34(17-22-8-3-4-13-32-22)40(37,38)24-11-9-23(39-2)10-12-24/h3-16,36H,17H2,1-2H3,(H,33,35). The van der Waals surface area contributed by atoms with E-state index in [1.54, 1.807) is 18.2 Å². The Hall–Kier alpha value is -4.42. The molecule has 0 radical (unpaired) electrons. The molecule has 0 unspecified atom stereocenters. The molecule has 0 atom stereocenters. The number of carbonyl (C=O) groups is 1. The van der Waals surface area contributed by atoms with Gasteiger partial charge in [-0.15, -0.1) is 0 Å². The number of pyridine rings is 1. The first-order chi connectivity index (χ1) is 19.0. The summed E-state index contributed by atoms with van der Waals surface area (Å²) >= 11 is 0. The number of halogens is 3. The van der Waals surface area contributed by atoms with Crippen molar-refractivity contribution in [2.75, 3.05) is 11.4 Å². The minimum Gasteiger partial charge on any atom is -0.497 e. The highest BCUT2D eigenvalue weighted by molar-refractivity contribution is 7.92. The number of aryl methyl sites for hydroxylation is 1. The Bertz CT molecular complexity index is 1630. The molecule has 0 saturated heterocycles. The van der Waals surface area contributed by atoms with Crippen molar-refractivity contribution in [1.82, 2.24) is 10.5 Å². The number of methoxy groups -OCH3 is 1. The van der Waals surface area contributed by atoms with Crippen molar-refractivity contribution in [2.45, 2.75) is 24.5 Å². The van der Waals surface area contributed by atoms with Crippen LogP contribution in [0.5, 0.6) is 5.75 Å². The third-order valence-electron chi connectivity index (χ3n) is 6.10. The molecule has 0 spiro atoms. The molecule has 40 heavy (non-hydrogen) atoms. The van der Waals surface area contributed by atoms with Crippen LogP contribution in [-0.2, 0) is 22.7 Å². The van der Waals surface area contributed by atoms with Gasteiger partial charge in [0.1, 0.15) is 5.75 Å². The van der Waals surface area contributed by atoms with E-state index < -0.39 is 27.7 Å². The summed E-state index contributed by atoms with van der Waals surface area (Å²) in [5.74, 6) is -0.625. The maximum absolute atomic E-state index is 14.0. The summed E-state index contributed by atoms with van der Waals surface area (Å²) in [6.45, 7) is 1.24. The van der Waals surface area contributed by atoms with Gasteiger partial charge in [-0.3, -0.25) is 19.3 Å². The van der Waals surface area contributed by atoms with Gasteiger partial charge in [0.25, 0.3) is 15.9 Å². The van der Waals surface area contributed by atoms with Crippen LogP contribution in [-0.4, -0.2) is 31.6 Å². The molecule has 12 heteroatoms. The number of sulfonamides is 1. The van der Waals surface area contributed by atoms with Crippen molar-refractivity contribution in [2.24, 2.45) is 0 Å². The number of ether oxygens (including phenoxy) is 1. The number of nitrogens with one attached hydrogen (secondary N) is 1. The van der Waals surface area contributed by atoms with Crippen molar-refractivity contribution in [3.8, 4) is 16.9 Å². The average molecular weight is 572 g/mol. The predicted octanol–water partition coefficient (Wildman–Crippen LogP) is 5.60. The molecule has 4 aromatic rings. The third kappa shape index (κ3) is 5.92. The Morgan fingerprint density at radius 3 is 2.33 bits per heavy atom. The van der Waals surface area contributed by atoms with Crippen molar-refractivity contribution in [3.63, 3.8) is 0 Å². The molecule has 3 aromatic carbocycles. The van der Waals surface area contributed by atoms with Crippen LogP contribution in [0.3, 0.4) is 0 Å². The van der Waals surface area contributed by atoms with Crippen LogP contribution in [0.2, 0.25) is 0 Å². The van der Waals surface area contributed by atoms with Crippen molar-refractivity contribution in [3.05, 3.63) is 107 Å². The fraction of sp³-hybridized carbons (Fsp3) is 0.143. The smallest absolute Gasteiger partial charge is 0.416 e. The summed E-state index contributed by atoms with van der Waals surface area (Å²) in [6, 6.07) is 17.8. The summed E-state index contributed by atoms with van der Waals surface area (Å²) in [5.41, 5.74) is 1.24. The highest BCUT2D eigenvalue weighted by Crippen LogP contribution is 2.37. The van der Waals surface area contributed by atoms with Crippen LogP contribution in [0.1, 0.15) is 27.2 Å². The number of hydroxylamine groups is 1. The van der Waals surface area contributed by atoms with Gasteiger partial charge in [-0.2, -0.15) is 13.2 Å². The van der Waals surface area contributed by atoms with Crippen LogP contribution < -0.4 is 14.5 Å². The highest BCUT2D eigenvalue weighted by Gasteiger charge is 2.32. The number of nitrogens with zero attached hydrogens (tertiary/aromatic N) is 2. The molecule has 0 fully saturated rings. The number of benzene rings is 3. The third-order valence-corrected chi connectivity index (χ3v) is 7.86. The van der Waals surface area contributed by atoms with Gasteiger partial charge in [0.15, 0.2) is 0 Å². The molecule has 8 nitrogen and oxygen atoms in total. The first-order valence-electron chi connectivity index (χ1n) is 11.8. The van der Waals surface area contributed by atoms with Gasteiger partial charge >= 0.3 is 6.18 Å². The molecule has 0 bridgehead atoms. The van der Waals surface area contributed by atoms with Gasteiger partial charge in [-0.05, 0) is 84.3 Å². The fourth-order valence-corrected chi connectivity index (χ4v) is 5.70. The number of alkyl halides is 3. The van der Waals surface area contributed by atoms with Crippen LogP contribution >= 0.6 is 0 Å². The lowest BCUT2D eigenvalue weighted by atomic mass is 9.96. The molecule has 208 valence electrons. The van der Waals surface area contributed by atoms with E-state index in [2.05, 4.69) is 4.98 Å². The van der Waals surface area contributed by atoms with E-state index in [1.807, 2.05) is 0 Å². The maximum atomic E-state index is 14.0. The first-order valence-corrected chi connectivity index (χ1v) is 13.2. The molecular weight excluding hydrogens is 547 g/mol. The van der Waals surface area contributed by atoms with Crippen molar-refractivity contribution >= 4 is 21.6 Å². The van der Waals surface area contributed by atoms with Gasteiger partial charge in [0, 0.05) is 6.20 Å². The van der Waals surface area contributed by atoms with Crippen LogP contribution in [0.4, 0.5) is 18.9 Å². The summed E-state index contributed by atoms with van der Waals surface area (Å²) in [4.78, 5) is 17.0. The van der Waals surface area contributed by atoms with E-state index >= 15 is 0 Å². The van der Waals surface area contributed by atoms with Gasteiger partial charge in [0.05, 0.1) is 41.1 Å². The number of anilines is 1. The second kappa shape index (κ2) is 11.4. The largest absolute Gasteiger partial charge is 0.497 e.